The van der Waals surface area contributed by atoms with Gasteiger partial charge in [0.1, 0.15) is 18.1 Å². The number of amides is 5. The highest BCUT2D eigenvalue weighted by Gasteiger charge is 2.53. The van der Waals surface area contributed by atoms with Gasteiger partial charge in [-0.05, 0) is 54.6 Å². The van der Waals surface area contributed by atoms with Gasteiger partial charge in [-0.2, -0.15) is 0 Å². The van der Waals surface area contributed by atoms with Gasteiger partial charge in [0.05, 0.1) is 23.3 Å². The second-order valence-electron chi connectivity index (χ2n) is 15.9. The van der Waals surface area contributed by atoms with Crippen LogP contribution in [0.4, 0.5) is 4.79 Å². The maximum absolute atomic E-state index is 14.8. The van der Waals surface area contributed by atoms with Gasteiger partial charge >= 0.3 is 6.09 Å². The van der Waals surface area contributed by atoms with Crippen molar-refractivity contribution in [1.82, 2.24) is 25.8 Å². The predicted octanol–water partition coefficient (Wildman–Crippen LogP) is 4.88. The molecule has 15 heteroatoms. The Labute approximate surface area is 340 Å². The number of ether oxygens (including phenoxy) is 1. The minimum absolute atomic E-state index is 0.0958. The van der Waals surface area contributed by atoms with E-state index in [1.807, 2.05) is 20.8 Å². The van der Waals surface area contributed by atoms with Crippen LogP contribution in [0.25, 0.3) is 0 Å². The van der Waals surface area contributed by atoms with Crippen LogP contribution in [0.5, 0.6) is 0 Å². The summed E-state index contributed by atoms with van der Waals surface area (Å²) < 4.78 is 5.15. The third kappa shape index (κ3) is 12.0. The van der Waals surface area contributed by atoms with Crippen LogP contribution >= 0.6 is 23.5 Å². The SMILES string of the molecule is CCCC(NC(=O)C1CC2(CN1C(=O)C(C1CCCCC1)N(C)C(=O)OCC(C)C)SCCCS2)C(=O)C(=O)NCC(=O)NC(C(=O)C(C)C)c1ccccc1. The van der Waals surface area contributed by atoms with Crippen LogP contribution in [0.3, 0.4) is 0 Å². The van der Waals surface area contributed by atoms with E-state index in [9.17, 15) is 33.6 Å². The van der Waals surface area contributed by atoms with Crippen molar-refractivity contribution >= 4 is 64.8 Å². The summed E-state index contributed by atoms with van der Waals surface area (Å²) in [5.41, 5.74) is 0.599. The molecule has 3 N–H and O–H groups in total. The highest BCUT2D eigenvalue weighted by molar-refractivity contribution is 8.18. The number of hydrogen-bond acceptors (Lipinski definition) is 10. The summed E-state index contributed by atoms with van der Waals surface area (Å²) in [6, 6.07) is 4.91. The Bertz CT molecular complexity index is 1550. The topological polar surface area (TPSA) is 171 Å². The minimum Gasteiger partial charge on any atom is -0.449 e. The van der Waals surface area contributed by atoms with Gasteiger partial charge in [-0.15, -0.1) is 23.5 Å². The van der Waals surface area contributed by atoms with Crippen molar-refractivity contribution < 1.29 is 38.3 Å². The number of carbonyl (C=O) groups is 7. The molecule has 4 rings (SSSR count). The summed E-state index contributed by atoms with van der Waals surface area (Å²) in [6.07, 6.45) is 5.92. The van der Waals surface area contributed by atoms with E-state index < -0.39 is 64.4 Å². The molecule has 1 saturated carbocycles. The maximum Gasteiger partial charge on any atom is 0.410 e. The monoisotopic (exact) mass is 815 g/mol. The molecular weight excluding hydrogens is 755 g/mol. The number of Topliss-reactive ketones (excluding diaryl/α,β-unsaturated/α-hetero) is 2. The van der Waals surface area contributed by atoms with Crippen LogP contribution < -0.4 is 16.0 Å². The van der Waals surface area contributed by atoms with Crippen LogP contribution in [0, 0.1) is 17.8 Å². The number of carbonyl (C=O) groups excluding carboxylic acids is 7. The molecule has 1 aromatic rings. The van der Waals surface area contributed by atoms with Crippen molar-refractivity contribution in [3.63, 3.8) is 0 Å². The first kappa shape index (κ1) is 45.1. The summed E-state index contributed by atoms with van der Waals surface area (Å²) in [7, 11) is 1.60. The Hall–Kier alpha value is -3.59. The summed E-state index contributed by atoms with van der Waals surface area (Å²) in [5.74, 6) is -2.22. The van der Waals surface area contributed by atoms with Gasteiger partial charge in [-0.3, -0.25) is 33.7 Å². The number of likely N-dealkylation sites (N-methyl/N-ethyl adjacent to an activating group) is 1. The molecule has 1 spiro atoms. The zero-order chi connectivity index (χ0) is 41.0. The van der Waals surface area contributed by atoms with E-state index in [0.717, 1.165) is 50.0 Å². The van der Waals surface area contributed by atoms with Crippen molar-refractivity contribution in [3.8, 4) is 0 Å². The van der Waals surface area contributed by atoms with Gasteiger partial charge in [-0.25, -0.2) is 4.79 Å². The van der Waals surface area contributed by atoms with Crippen molar-refractivity contribution in [2.24, 2.45) is 17.8 Å². The van der Waals surface area contributed by atoms with Gasteiger partial charge < -0.3 is 25.6 Å². The molecule has 2 saturated heterocycles. The predicted molar refractivity (Wildman–Crippen MR) is 219 cm³/mol. The smallest absolute Gasteiger partial charge is 0.410 e. The van der Waals surface area contributed by atoms with E-state index >= 15 is 0 Å². The molecule has 0 aromatic heterocycles. The molecule has 1 aliphatic carbocycles. The fourth-order valence-corrected chi connectivity index (χ4v) is 11.0. The lowest BCUT2D eigenvalue weighted by molar-refractivity contribution is -0.145. The number of nitrogens with one attached hydrogen (secondary N) is 3. The Balaban J connectivity index is 1.50. The molecule has 4 atom stereocenters. The first-order chi connectivity index (χ1) is 26.7. The molecule has 0 radical (unpaired) electrons. The van der Waals surface area contributed by atoms with Gasteiger partial charge in [0.25, 0.3) is 5.91 Å². The Morgan fingerprint density at radius 1 is 0.929 bits per heavy atom. The second kappa shape index (κ2) is 21.2. The van der Waals surface area contributed by atoms with Crippen LogP contribution in [-0.2, 0) is 33.5 Å². The molecule has 2 heterocycles. The average Bonchev–Trinajstić information content (AvgIpc) is 3.56. The summed E-state index contributed by atoms with van der Waals surface area (Å²) in [6.45, 7) is 9.16. The maximum atomic E-state index is 14.8. The zero-order valence-corrected chi connectivity index (χ0v) is 35.4. The van der Waals surface area contributed by atoms with Crippen LogP contribution in [0.15, 0.2) is 30.3 Å². The van der Waals surface area contributed by atoms with Gasteiger partial charge in [0.15, 0.2) is 5.78 Å². The van der Waals surface area contributed by atoms with Gasteiger partial charge in [0.2, 0.25) is 23.5 Å². The van der Waals surface area contributed by atoms with Crippen LogP contribution in [-0.4, -0.2) is 112 Å². The van der Waals surface area contributed by atoms with Gasteiger partial charge in [0, 0.05) is 25.9 Å². The molecule has 3 aliphatic rings. The standard InChI is InChI=1S/C41H61N5O8S2/c1-7-15-30(36(49)38(51)42-23-32(47)44-33(35(48)27(4)5)28-16-10-8-11-17-28)43-37(50)31-22-41(55-20-14-21-56-41)25-46(31)39(52)34(29-18-12-9-13-19-29)45(6)40(53)54-24-26(2)3/h8,10-11,16-17,26-27,29-31,33-34H,7,9,12-15,18-25H2,1-6H3,(H,42,51)(H,43,50)(H,44,47). The largest absolute Gasteiger partial charge is 0.449 e. The number of nitrogens with zero attached hydrogens (tertiary/aromatic N) is 2. The molecule has 3 fully saturated rings. The molecule has 56 heavy (non-hydrogen) atoms. The number of hydrogen-bond donors (Lipinski definition) is 3. The van der Waals surface area contributed by atoms with E-state index in [4.69, 9.17) is 4.74 Å². The fourth-order valence-electron chi connectivity index (χ4n) is 7.63. The minimum atomic E-state index is -1.20. The van der Waals surface area contributed by atoms with E-state index in [2.05, 4.69) is 16.0 Å². The molecule has 310 valence electrons. The molecule has 2 aliphatic heterocycles. The van der Waals surface area contributed by atoms with Crippen molar-refractivity contribution in [3.05, 3.63) is 35.9 Å². The number of thioether (sulfide) groups is 2. The fraction of sp³-hybridized carbons (Fsp3) is 0.683. The highest BCUT2D eigenvalue weighted by Crippen LogP contribution is 2.51. The average molecular weight is 816 g/mol. The third-order valence-corrected chi connectivity index (χ3v) is 14.0. The van der Waals surface area contributed by atoms with E-state index in [1.54, 1.807) is 79.7 Å². The van der Waals surface area contributed by atoms with E-state index in [1.165, 1.54) is 4.90 Å². The van der Waals surface area contributed by atoms with Crippen LogP contribution in [0.1, 0.15) is 104 Å². The van der Waals surface area contributed by atoms with Crippen molar-refractivity contribution in [2.75, 3.05) is 38.2 Å². The van der Waals surface area contributed by atoms with Crippen molar-refractivity contribution in [2.45, 2.75) is 121 Å². The lowest BCUT2D eigenvalue weighted by Crippen LogP contribution is -2.58. The molecular formula is C41H61N5O8S2. The zero-order valence-electron chi connectivity index (χ0n) is 33.8. The first-order valence-corrected chi connectivity index (χ1v) is 22.1. The molecule has 13 nitrogen and oxygen atoms in total. The third-order valence-electron chi connectivity index (χ3n) is 10.6. The molecule has 5 amide bonds. The molecule has 1 aromatic carbocycles. The summed E-state index contributed by atoms with van der Waals surface area (Å²) >= 11 is 3.48. The van der Waals surface area contributed by atoms with Crippen LogP contribution in [0.2, 0.25) is 0 Å². The molecule has 0 bridgehead atoms. The molecule has 4 unspecified atom stereocenters. The lowest BCUT2D eigenvalue weighted by Gasteiger charge is -2.39. The van der Waals surface area contributed by atoms with E-state index in [0.29, 0.717) is 24.9 Å². The second-order valence-corrected chi connectivity index (χ2v) is 19.2. The number of likely N-dealkylation sites (tertiary alicyclic amines) is 1. The quantitative estimate of drug-likeness (QED) is 0.184. The Morgan fingerprint density at radius 2 is 1.59 bits per heavy atom. The summed E-state index contributed by atoms with van der Waals surface area (Å²) in [5, 5.41) is 7.85. The number of benzene rings is 1. The lowest BCUT2D eigenvalue weighted by atomic mass is 9.82. The summed E-state index contributed by atoms with van der Waals surface area (Å²) in [4.78, 5) is 98.1. The van der Waals surface area contributed by atoms with E-state index in [-0.39, 0.29) is 42.5 Å². The van der Waals surface area contributed by atoms with Crippen molar-refractivity contribution in [1.29, 1.82) is 0 Å². The Kier molecular flexibility index (Phi) is 17.1. The number of rotatable bonds is 17. The normalized spacial score (nSPS) is 19.9. The Morgan fingerprint density at radius 3 is 2.20 bits per heavy atom. The first-order valence-electron chi connectivity index (χ1n) is 20.2. The number of ketones is 2. The highest BCUT2D eigenvalue weighted by atomic mass is 32.2. The van der Waals surface area contributed by atoms with Gasteiger partial charge in [-0.1, -0.05) is 90.6 Å².